The Morgan fingerprint density at radius 3 is 1.73 bits per heavy atom. The number of rotatable bonds is 18. The maximum absolute atomic E-state index is 13.0. The Labute approximate surface area is 268 Å². The zero-order valence-corrected chi connectivity index (χ0v) is 27.1. The number of allylic oxidation sites excluding steroid dienone is 1. The van der Waals surface area contributed by atoms with E-state index in [0.29, 0.717) is 48.5 Å². The Morgan fingerprint density at radius 1 is 0.667 bits per heavy atom. The maximum Gasteiger partial charge on any atom is 0.167 e. The van der Waals surface area contributed by atoms with E-state index in [9.17, 15) is 14.4 Å². The lowest BCUT2D eigenvalue weighted by atomic mass is 9.96. The second kappa shape index (κ2) is 16.7. The van der Waals surface area contributed by atoms with Crippen molar-refractivity contribution in [2.45, 2.75) is 85.0 Å². The van der Waals surface area contributed by atoms with Gasteiger partial charge in [-0.3, -0.25) is 14.4 Å². The van der Waals surface area contributed by atoms with Crippen molar-refractivity contribution in [2.75, 3.05) is 0 Å². The number of Topliss-reactive ketones (excluding diaryl/α,β-unsaturated/α-hetero) is 3. The Morgan fingerprint density at radius 2 is 1.20 bits per heavy atom. The van der Waals surface area contributed by atoms with Gasteiger partial charge in [-0.1, -0.05) is 107 Å². The molecule has 0 aliphatic rings. The van der Waals surface area contributed by atoms with E-state index in [2.05, 4.69) is 27.4 Å². The van der Waals surface area contributed by atoms with Gasteiger partial charge in [0.25, 0.3) is 0 Å². The summed E-state index contributed by atoms with van der Waals surface area (Å²) in [6.45, 7) is 10.5. The van der Waals surface area contributed by atoms with Gasteiger partial charge in [0.05, 0.1) is 5.76 Å². The molecule has 234 valence electrons. The van der Waals surface area contributed by atoms with Gasteiger partial charge in [0, 0.05) is 43.2 Å². The fourth-order valence-corrected chi connectivity index (χ4v) is 5.42. The van der Waals surface area contributed by atoms with Gasteiger partial charge < -0.3 is 4.74 Å². The molecule has 0 saturated heterocycles. The highest BCUT2D eigenvalue weighted by molar-refractivity contribution is 5.99. The van der Waals surface area contributed by atoms with Crippen LogP contribution < -0.4 is 4.74 Å². The predicted octanol–water partition coefficient (Wildman–Crippen LogP) is 10.1. The molecule has 0 bridgehead atoms. The minimum absolute atomic E-state index is 0.0460. The van der Waals surface area contributed by atoms with Crippen molar-refractivity contribution in [3.8, 4) is 5.75 Å². The summed E-state index contributed by atoms with van der Waals surface area (Å²) in [4.78, 5) is 38.4. The molecule has 4 aromatic carbocycles. The van der Waals surface area contributed by atoms with Crippen LogP contribution in [0.3, 0.4) is 0 Å². The van der Waals surface area contributed by atoms with Crippen LogP contribution in [0.15, 0.2) is 97.3 Å². The third-order valence-corrected chi connectivity index (χ3v) is 8.47. The monoisotopic (exact) mass is 602 g/mol. The molecule has 0 fully saturated rings. The van der Waals surface area contributed by atoms with Crippen molar-refractivity contribution >= 4 is 28.1 Å². The molecule has 0 amide bonds. The van der Waals surface area contributed by atoms with Gasteiger partial charge in [-0.05, 0) is 70.5 Å². The molecule has 0 aromatic heterocycles. The molecule has 0 spiro atoms. The summed E-state index contributed by atoms with van der Waals surface area (Å²) in [5, 5.41) is 2.06. The van der Waals surface area contributed by atoms with Crippen molar-refractivity contribution in [3.63, 3.8) is 0 Å². The summed E-state index contributed by atoms with van der Waals surface area (Å²) in [6.07, 6.45) is 7.78. The fourth-order valence-electron chi connectivity index (χ4n) is 5.42. The van der Waals surface area contributed by atoms with Crippen molar-refractivity contribution in [2.24, 2.45) is 5.92 Å². The van der Waals surface area contributed by atoms with Crippen LogP contribution in [0.5, 0.6) is 5.75 Å². The van der Waals surface area contributed by atoms with Crippen molar-refractivity contribution in [1.29, 1.82) is 0 Å². The molecule has 1 unspecified atom stereocenters. The minimum atomic E-state index is 0.0460. The lowest BCUT2D eigenvalue weighted by Gasteiger charge is -2.09. The van der Waals surface area contributed by atoms with E-state index in [1.807, 2.05) is 72.8 Å². The number of carbonyl (C=O) groups excluding carboxylic acids is 3. The highest BCUT2D eigenvalue weighted by Crippen LogP contribution is 2.22. The molecule has 4 nitrogen and oxygen atoms in total. The zero-order chi connectivity index (χ0) is 32.2. The van der Waals surface area contributed by atoms with Crippen LogP contribution in [0.2, 0.25) is 0 Å². The number of fused-ring (bicyclic) bond motifs is 1. The number of carbonyl (C=O) groups is 3. The average molecular weight is 603 g/mol. The molecule has 0 heterocycles. The molecule has 45 heavy (non-hydrogen) atoms. The van der Waals surface area contributed by atoms with Crippen molar-refractivity contribution < 1.29 is 19.1 Å². The first kappa shape index (κ1) is 33.6. The minimum Gasteiger partial charge on any atom is -0.462 e. The highest BCUT2D eigenvalue weighted by Gasteiger charge is 2.12. The lowest BCUT2D eigenvalue weighted by molar-refractivity contribution is -0.118. The van der Waals surface area contributed by atoms with Gasteiger partial charge in [0.15, 0.2) is 11.6 Å². The van der Waals surface area contributed by atoms with E-state index in [0.717, 1.165) is 71.7 Å². The predicted molar refractivity (Wildman–Crippen MR) is 184 cm³/mol. The second-order valence-electron chi connectivity index (χ2n) is 12.3. The molecule has 0 aliphatic carbocycles. The lowest BCUT2D eigenvalue weighted by Crippen LogP contribution is -2.06. The Kier molecular flexibility index (Phi) is 12.4. The van der Waals surface area contributed by atoms with E-state index in [1.54, 1.807) is 12.1 Å². The van der Waals surface area contributed by atoms with Crippen LogP contribution in [0, 0.1) is 5.92 Å². The number of hydrogen-bond donors (Lipinski definition) is 0. The quantitative estimate of drug-likeness (QED) is 0.0840. The first-order valence-corrected chi connectivity index (χ1v) is 16.4. The highest BCUT2D eigenvalue weighted by atomic mass is 16.5. The summed E-state index contributed by atoms with van der Waals surface area (Å²) >= 11 is 0. The third-order valence-electron chi connectivity index (χ3n) is 8.47. The molecule has 0 radical (unpaired) electrons. The molecule has 4 rings (SSSR count). The van der Waals surface area contributed by atoms with Gasteiger partial charge >= 0.3 is 0 Å². The smallest absolute Gasteiger partial charge is 0.167 e. The van der Waals surface area contributed by atoms with Crippen LogP contribution in [-0.4, -0.2) is 17.3 Å². The SMILES string of the molecule is C=C(CCCC)Oc1ccc(C(=O)Cc2ccc3cc(CC(=O)c4ccc(CC(=O)CCCC(C)CC)cc4)ccc3c2)cc1. The molecule has 0 aliphatic heterocycles. The van der Waals surface area contributed by atoms with Gasteiger partial charge in [-0.25, -0.2) is 0 Å². The van der Waals surface area contributed by atoms with Gasteiger partial charge in [-0.2, -0.15) is 0 Å². The number of hydrogen-bond acceptors (Lipinski definition) is 4. The van der Waals surface area contributed by atoms with Gasteiger partial charge in [0.1, 0.15) is 11.5 Å². The topological polar surface area (TPSA) is 60.4 Å². The van der Waals surface area contributed by atoms with Crippen LogP contribution >= 0.6 is 0 Å². The summed E-state index contributed by atoms with van der Waals surface area (Å²) < 4.78 is 5.77. The summed E-state index contributed by atoms with van der Waals surface area (Å²) in [5.74, 6) is 2.44. The van der Waals surface area contributed by atoms with Crippen LogP contribution in [0.25, 0.3) is 10.8 Å². The zero-order valence-electron chi connectivity index (χ0n) is 27.1. The Balaban J connectivity index is 1.30. The maximum atomic E-state index is 13.0. The van der Waals surface area contributed by atoms with E-state index >= 15 is 0 Å². The first-order valence-electron chi connectivity index (χ1n) is 16.4. The normalized spacial score (nSPS) is 11.7. The summed E-state index contributed by atoms with van der Waals surface area (Å²) in [5.41, 5.74) is 4.13. The molecular weight excluding hydrogens is 556 g/mol. The standard InChI is InChI=1S/C41H46O4/c1-5-7-10-30(4)45-39-22-20-35(21-23-39)41(44)28-33-15-19-36-24-32(14-18-37(36)25-33)27-40(43)34-16-12-31(13-17-34)26-38(42)11-8-9-29(3)6-2/h12-25,29H,4-11,26-28H2,1-3H3. The summed E-state index contributed by atoms with van der Waals surface area (Å²) in [6, 6.07) is 26.8. The van der Waals surface area contributed by atoms with Crippen molar-refractivity contribution in [1.82, 2.24) is 0 Å². The van der Waals surface area contributed by atoms with Gasteiger partial charge in [0.2, 0.25) is 0 Å². The van der Waals surface area contributed by atoms with E-state index in [1.165, 1.54) is 0 Å². The Hall–Kier alpha value is -4.31. The average Bonchev–Trinajstić information content (AvgIpc) is 3.04. The van der Waals surface area contributed by atoms with E-state index in [-0.39, 0.29) is 17.3 Å². The van der Waals surface area contributed by atoms with Crippen LogP contribution in [0.4, 0.5) is 0 Å². The third kappa shape index (κ3) is 10.4. The molecule has 0 saturated carbocycles. The molecule has 4 heteroatoms. The van der Waals surface area contributed by atoms with Crippen LogP contribution in [-0.2, 0) is 24.1 Å². The second-order valence-corrected chi connectivity index (χ2v) is 12.3. The summed E-state index contributed by atoms with van der Waals surface area (Å²) in [7, 11) is 0. The Bertz CT molecular complexity index is 1610. The number of ether oxygens (including phenoxy) is 1. The van der Waals surface area contributed by atoms with Crippen LogP contribution in [0.1, 0.15) is 103 Å². The number of unbranched alkanes of at least 4 members (excludes halogenated alkanes) is 1. The largest absolute Gasteiger partial charge is 0.462 e. The molecular formula is C41H46O4. The van der Waals surface area contributed by atoms with E-state index < -0.39 is 0 Å². The molecule has 4 aromatic rings. The molecule has 0 N–H and O–H groups in total. The fraction of sp³-hybridized carbons (Fsp3) is 0.341. The van der Waals surface area contributed by atoms with Gasteiger partial charge in [-0.15, -0.1) is 0 Å². The number of benzene rings is 4. The van der Waals surface area contributed by atoms with E-state index in [4.69, 9.17) is 4.74 Å². The van der Waals surface area contributed by atoms with Crippen molar-refractivity contribution in [3.05, 3.63) is 125 Å². The molecule has 1 atom stereocenters. The first-order chi connectivity index (χ1) is 21.7. The number of ketones is 3.